The summed E-state index contributed by atoms with van der Waals surface area (Å²) in [5.74, 6) is 1.75. The zero-order chi connectivity index (χ0) is 12.7. The lowest BCUT2D eigenvalue weighted by molar-refractivity contribution is 0.0338. The Hall–Kier alpha value is -0.0800. The quantitative estimate of drug-likeness (QED) is 0.735. The second-order valence-electron chi connectivity index (χ2n) is 5.68. The van der Waals surface area contributed by atoms with Gasteiger partial charge in [-0.25, -0.2) is 0 Å². The Bertz CT molecular complexity index is 183. The Morgan fingerprint density at radius 2 is 1.82 bits per heavy atom. The number of ether oxygens (including phenoxy) is 1. The molecule has 0 aliphatic heterocycles. The lowest BCUT2D eigenvalue weighted by Gasteiger charge is -2.37. The van der Waals surface area contributed by atoms with Crippen molar-refractivity contribution >= 4 is 0 Å². The van der Waals surface area contributed by atoms with Gasteiger partial charge in [0.05, 0.1) is 6.10 Å². The molecule has 17 heavy (non-hydrogen) atoms. The number of hydrogen-bond acceptors (Lipinski definition) is 2. The molecule has 0 saturated heterocycles. The molecule has 1 rings (SSSR count). The lowest BCUT2D eigenvalue weighted by atomic mass is 9.77. The molecule has 0 amide bonds. The number of rotatable bonds is 7. The summed E-state index contributed by atoms with van der Waals surface area (Å²) in [4.78, 5) is 0. The van der Waals surface area contributed by atoms with Crippen LogP contribution in [0.1, 0.15) is 59.3 Å². The van der Waals surface area contributed by atoms with E-state index in [2.05, 4.69) is 26.1 Å². The molecule has 1 saturated carbocycles. The van der Waals surface area contributed by atoms with Crippen molar-refractivity contribution in [1.29, 1.82) is 0 Å². The first kappa shape index (κ1) is 15.0. The average Bonchev–Trinajstić information content (AvgIpc) is 2.36. The average molecular weight is 241 g/mol. The van der Waals surface area contributed by atoms with Crippen molar-refractivity contribution in [2.24, 2.45) is 11.8 Å². The highest BCUT2D eigenvalue weighted by Crippen LogP contribution is 2.32. The van der Waals surface area contributed by atoms with Gasteiger partial charge in [-0.2, -0.15) is 0 Å². The molecule has 1 fully saturated rings. The summed E-state index contributed by atoms with van der Waals surface area (Å²) in [6, 6.07) is 0.567. The summed E-state index contributed by atoms with van der Waals surface area (Å²) in [6.45, 7) is 7.98. The van der Waals surface area contributed by atoms with E-state index in [1.54, 1.807) is 0 Å². The van der Waals surface area contributed by atoms with Crippen LogP contribution < -0.4 is 5.32 Å². The normalized spacial score (nSPS) is 28.9. The van der Waals surface area contributed by atoms with Gasteiger partial charge >= 0.3 is 0 Å². The summed E-state index contributed by atoms with van der Waals surface area (Å²) < 4.78 is 5.68. The molecule has 1 N–H and O–H groups in total. The van der Waals surface area contributed by atoms with Crippen LogP contribution in [-0.4, -0.2) is 25.8 Å². The van der Waals surface area contributed by atoms with Crippen molar-refractivity contribution in [2.45, 2.75) is 71.4 Å². The number of nitrogens with one attached hydrogen (secondary N) is 1. The van der Waals surface area contributed by atoms with E-state index in [1.165, 1.54) is 32.1 Å². The van der Waals surface area contributed by atoms with Crippen LogP contribution in [0.15, 0.2) is 0 Å². The van der Waals surface area contributed by atoms with Crippen molar-refractivity contribution in [3.05, 3.63) is 0 Å². The molecule has 0 aromatic rings. The molecular formula is C15H31NO. The third kappa shape index (κ3) is 4.59. The van der Waals surface area contributed by atoms with E-state index in [9.17, 15) is 0 Å². The van der Waals surface area contributed by atoms with E-state index in [1.807, 2.05) is 7.11 Å². The minimum Gasteiger partial charge on any atom is -0.380 e. The van der Waals surface area contributed by atoms with E-state index >= 15 is 0 Å². The van der Waals surface area contributed by atoms with E-state index in [0.29, 0.717) is 12.1 Å². The Balaban J connectivity index is 2.54. The van der Waals surface area contributed by atoms with Crippen LogP contribution in [0.2, 0.25) is 0 Å². The van der Waals surface area contributed by atoms with Crippen molar-refractivity contribution < 1.29 is 4.74 Å². The Morgan fingerprint density at radius 3 is 2.29 bits per heavy atom. The Kier molecular flexibility index (Phi) is 7.14. The zero-order valence-corrected chi connectivity index (χ0v) is 12.2. The lowest BCUT2D eigenvalue weighted by Crippen LogP contribution is -2.47. The zero-order valence-electron chi connectivity index (χ0n) is 12.2. The highest BCUT2D eigenvalue weighted by Gasteiger charge is 2.30. The third-order valence-corrected chi connectivity index (χ3v) is 4.30. The summed E-state index contributed by atoms with van der Waals surface area (Å²) in [6.07, 6.45) is 8.26. The SMILES string of the molecule is CCCNC(C1CCC(C)CC1)C(CC)OC. The molecule has 0 radical (unpaired) electrons. The first-order valence-corrected chi connectivity index (χ1v) is 7.49. The first-order chi connectivity index (χ1) is 8.22. The third-order valence-electron chi connectivity index (χ3n) is 4.30. The van der Waals surface area contributed by atoms with Gasteiger partial charge in [-0.3, -0.25) is 0 Å². The maximum absolute atomic E-state index is 5.68. The summed E-state index contributed by atoms with van der Waals surface area (Å²) >= 11 is 0. The molecule has 1 aliphatic rings. The molecule has 2 heteroatoms. The van der Waals surface area contributed by atoms with E-state index in [4.69, 9.17) is 4.74 Å². The van der Waals surface area contributed by atoms with Crippen molar-refractivity contribution in [3.63, 3.8) is 0 Å². The molecule has 0 spiro atoms. The predicted octanol–water partition coefficient (Wildman–Crippen LogP) is 3.61. The largest absolute Gasteiger partial charge is 0.380 e. The molecule has 2 nitrogen and oxygen atoms in total. The molecule has 0 bridgehead atoms. The second kappa shape index (κ2) is 8.10. The van der Waals surface area contributed by atoms with Crippen LogP contribution in [0.4, 0.5) is 0 Å². The van der Waals surface area contributed by atoms with Gasteiger partial charge in [0.2, 0.25) is 0 Å². The molecule has 0 aromatic heterocycles. The number of hydrogen-bond donors (Lipinski definition) is 1. The van der Waals surface area contributed by atoms with Gasteiger partial charge in [0.15, 0.2) is 0 Å². The molecule has 0 heterocycles. The van der Waals surface area contributed by atoms with Crippen LogP contribution in [0, 0.1) is 11.8 Å². The molecule has 0 aromatic carbocycles. The molecule has 102 valence electrons. The molecule has 2 unspecified atom stereocenters. The van der Waals surface area contributed by atoms with Crippen molar-refractivity contribution in [3.8, 4) is 0 Å². The maximum atomic E-state index is 5.68. The second-order valence-corrected chi connectivity index (χ2v) is 5.68. The van der Waals surface area contributed by atoms with E-state index < -0.39 is 0 Å². The standard InChI is InChI=1S/C15H31NO/c1-5-11-16-15(14(6-2)17-4)13-9-7-12(3)8-10-13/h12-16H,5-11H2,1-4H3. The maximum Gasteiger partial charge on any atom is 0.0724 e. The van der Waals surface area contributed by atoms with Crippen LogP contribution in [0.25, 0.3) is 0 Å². The fourth-order valence-electron chi connectivity index (χ4n) is 3.12. The molecule has 2 atom stereocenters. The fraction of sp³-hybridized carbons (Fsp3) is 1.00. The van der Waals surface area contributed by atoms with E-state index in [0.717, 1.165) is 24.8 Å². The van der Waals surface area contributed by atoms with Gasteiger partial charge in [-0.05, 0) is 44.1 Å². The minimum absolute atomic E-state index is 0.389. The molecule has 1 aliphatic carbocycles. The van der Waals surface area contributed by atoms with Gasteiger partial charge in [-0.1, -0.05) is 33.6 Å². The van der Waals surface area contributed by atoms with E-state index in [-0.39, 0.29) is 0 Å². The van der Waals surface area contributed by atoms with Gasteiger partial charge in [0.25, 0.3) is 0 Å². The number of methoxy groups -OCH3 is 1. The highest BCUT2D eigenvalue weighted by atomic mass is 16.5. The predicted molar refractivity (Wildman–Crippen MR) is 74.3 cm³/mol. The topological polar surface area (TPSA) is 21.3 Å². The van der Waals surface area contributed by atoms with Gasteiger partial charge in [0.1, 0.15) is 0 Å². The Labute approximate surface area is 108 Å². The van der Waals surface area contributed by atoms with Gasteiger partial charge < -0.3 is 10.1 Å². The van der Waals surface area contributed by atoms with Gasteiger partial charge in [-0.15, -0.1) is 0 Å². The van der Waals surface area contributed by atoms with Crippen LogP contribution >= 0.6 is 0 Å². The van der Waals surface area contributed by atoms with Crippen LogP contribution in [0.3, 0.4) is 0 Å². The highest BCUT2D eigenvalue weighted by molar-refractivity contribution is 4.86. The fourth-order valence-corrected chi connectivity index (χ4v) is 3.12. The smallest absolute Gasteiger partial charge is 0.0724 e. The van der Waals surface area contributed by atoms with Crippen molar-refractivity contribution in [2.75, 3.05) is 13.7 Å². The summed E-state index contributed by atoms with van der Waals surface area (Å²) in [5.41, 5.74) is 0. The van der Waals surface area contributed by atoms with Crippen molar-refractivity contribution in [1.82, 2.24) is 5.32 Å². The van der Waals surface area contributed by atoms with Gasteiger partial charge in [0, 0.05) is 13.2 Å². The summed E-state index contributed by atoms with van der Waals surface area (Å²) in [7, 11) is 1.86. The van der Waals surface area contributed by atoms with Crippen LogP contribution in [0.5, 0.6) is 0 Å². The Morgan fingerprint density at radius 1 is 1.18 bits per heavy atom. The molecular weight excluding hydrogens is 210 g/mol. The summed E-state index contributed by atoms with van der Waals surface area (Å²) in [5, 5.41) is 3.73. The van der Waals surface area contributed by atoms with Crippen LogP contribution in [-0.2, 0) is 4.74 Å². The monoisotopic (exact) mass is 241 g/mol. The minimum atomic E-state index is 0.389. The first-order valence-electron chi connectivity index (χ1n) is 7.49.